The minimum Gasteiger partial charge on any atom is -0.373 e. The molecule has 2 aromatic rings. The van der Waals surface area contributed by atoms with Gasteiger partial charge in [-0.15, -0.1) is 11.3 Å². The first-order chi connectivity index (χ1) is 10.9. The van der Waals surface area contributed by atoms with E-state index in [0.29, 0.717) is 18.1 Å². The van der Waals surface area contributed by atoms with Crippen LogP contribution < -0.4 is 0 Å². The third-order valence-corrected chi connectivity index (χ3v) is 6.85. The second-order valence-corrected chi connectivity index (χ2v) is 9.24. The lowest BCUT2D eigenvalue weighted by molar-refractivity contribution is -0.0441. The van der Waals surface area contributed by atoms with Gasteiger partial charge in [-0.3, -0.25) is 0 Å². The van der Waals surface area contributed by atoms with Gasteiger partial charge in [-0.1, -0.05) is 28.1 Å². The highest BCUT2D eigenvalue weighted by Gasteiger charge is 2.33. The van der Waals surface area contributed by atoms with E-state index in [1.54, 1.807) is 5.38 Å². The number of thiazole rings is 1. The molecule has 1 aliphatic rings. The molecule has 2 unspecified atom stereocenters. The topological polar surface area (TPSA) is 59.5 Å². The van der Waals surface area contributed by atoms with Gasteiger partial charge in [-0.2, -0.15) is 4.31 Å². The number of ether oxygens (including phenoxy) is 1. The Balaban J connectivity index is 1.88. The number of morpholine rings is 1. The molecule has 1 aromatic carbocycles. The van der Waals surface area contributed by atoms with Crippen molar-refractivity contribution < 1.29 is 13.2 Å². The summed E-state index contributed by atoms with van der Waals surface area (Å²) in [4.78, 5) is 4.34. The van der Waals surface area contributed by atoms with Gasteiger partial charge >= 0.3 is 0 Å². The van der Waals surface area contributed by atoms with Crippen molar-refractivity contribution in [3.63, 3.8) is 0 Å². The van der Waals surface area contributed by atoms with Crippen LogP contribution in [0.3, 0.4) is 0 Å². The summed E-state index contributed by atoms with van der Waals surface area (Å²) in [6, 6.07) is 7.66. The Hall–Kier alpha value is -0.800. The molecule has 8 heteroatoms. The van der Waals surface area contributed by atoms with E-state index in [0.717, 1.165) is 10.0 Å². The van der Waals surface area contributed by atoms with E-state index in [2.05, 4.69) is 20.9 Å². The van der Waals surface area contributed by atoms with Crippen LogP contribution in [0.2, 0.25) is 0 Å². The van der Waals surface area contributed by atoms with Crippen molar-refractivity contribution in [1.82, 2.24) is 9.29 Å². The van der Waals surface area contributed by atoms with Gasteiger partial charge in [0.25, 0.3) is 10.0 Å². The van der Waals surface area contributed by atoms with Crippen LogP contribution in [-0.4, -0.2) is 43.0 Å². The Kier molecular flexibility index (Phi) is 4.89. The number of sulfonamides is 1. The molecular formula is C15H17BrN2O3S2. The number of benzene rings is 1. The Bertz CT molecular complexity index is 779. The van der Waals surface area contributed by atoms with Crippen molar-refractivity contribution in [3.8, 4) is 10.6 Å². The standard InChI is InChI=1S/C15H17BrN2O3S2/c1-10-7-18(8-11(2)21-10)23(19,20)14-9-22-15(17-14)12-3-5-13(16)6-4-12/h3-6,9-11H,7-8H2,1-2H3. The molecule has 1 fully saturated rings. The largest absolute Gasteiger partial charge is 0.373 e. The first-order valence-corrected chi connectivity index (χ1v) is 10.3. The molecule has 1 aliphatic heterocycles. The predicted octanol–water partition coefficient (Wildman–Crippen LogP) is 3.37. The van der Waals surface area contributed by atoms with Crippen molar-refractivity contribution in [2.24, 2.45) is 0 Å². The van der Waals surface area contributed by atoms with Gasteiger partial charge in [-0.25, -0.2) is 13.4 Å². The molecule has 2 heterocycles. The summed E-state index contributed by atoms with van der Waals surface area (Å²) in [5.74, 6) is 0. The van der Waals surface area contributed by atoms with Gasteiger partial charge in [0, 0.05) is 28.5 Å². The molecule has 0 aliphatic carbocycles. The minimum absolute atomic E-state index is 0.113. The van der Waals surface area contributed by atoms with Crippen molar-refractivity contribution >= 4 is 37.3 Å². The Labute approximate surface area is 148 Å². The molecule has 1 aromatic heterocycles. The molecule has 3 rings (SSSR count). The fraction of sp³-hybridized carbons (Fsp3) is 0.400. The molecule has 0 radical (unpaired) electrons. The maximum Gasteiger partial charge on any atom is 0.261 e. The van der Waals surface area contributed by atoms with Gasteiger partial charge in [0.2, 0.25) is 0 Å². The van der Waals surface area contributed by atoms with Crippen LogP contribution in [-0.2, 0) is 14.8 Å². The van der Waals surface area contributed by atoms with Gasteiger partial charge in [0.15, 0.2) is 5.03 Å². The minimum atomic E-state index is -3.58. The lowest BCUT2D eigenvalue weighted by Crippen LogP contribution is -2.48. The van der Waals surface area contributed by atoms with E-state index < -0.39 is 10.0 Å². The zero-order valence-corrected chi connectivity index (χ0v) is 16.0. The second-order valence-electron chi connectivity index (χ2n) is 5.58. The summed E-state index contributed by atoms with van der Waals surface area (Å²) >= 11 is 4.72. The van der Waals surface area contributed by atoms with Gasteiger partial charge in [-0.05, 0) is 26.0 Å². The van der Waals surface area contributed by atoms with Crippen LogP contribution in [0.25, 0.3) is 10.6 Å². The van der Waals surface area contributed by atoms with Crippen LogP contribution in [0.5, 0.6) is 0 Å². The van der Waals surface area contributed by atoms with E-state index >= 15 is 0 Å². The van der Waals surface area contributed by atoms with Crippen molar-refractivity contribution in [1.29, 1.82) is 0 Å². The number of nitrogens with zero attached hydrogens (tertiary/aromatic N) is 2. The van der Waals surface area contributed by atoms with Crippen LogP contribution >= 0.6 is 27.3 Å². The third kappa shape index (κ3) is 3.66. The van der Waals surface area contributed by atoms with Crippen LogP contribution in [0.15, 0.2) is 39.1 Å². The summed E-state index contributed by atoms with van der Waals surface area (Å²) in [6.07, 6.45) is -0.226. The van der Waals surface area contributed by atoms with Crippen LogP contribution in [0.1, 0.15) is 13.8 Å². The molecular weight excluding hydrogens is 400 g/mol. The number of hydrogen-bond donors (Lipinski definition) is 0. The summed E-state index contributed by atoms with van der Waals surface area (Å²) in [7, 11) is -3.58. The van der Waals surface area contributed by atoms with E-state index in [-0.39, 0.29) is 17.2 Å². The van der Waals surface area contributed by atoms with Crippen molar-refractivity contribution in [3.05, 3.63) is 34.1 Å². The van der Waals surface area contributed by atoms with E-state index in [9.17, 15) is 8.42 Å². The number of hydrogen-bond acceptors (Lipinski definition) is 5. The third-order valence-electron chi connectivity index (χ3n) is 3.56. The normalized spacial score (nSPS) is 23.1. The first kappa shape index (κ1) is 17.0. The predicted molar refractivity (Wildman–Crippen MR) is 94.0 cm³/mol. The molecule has 1 saturated heterocycles. The second kappa shape index (κ2) is 6.60. The van der Waals surface area contributed by atoms with Gasteiger partial charge in [0.05, 0.1) is 12.2 Å². The average molecular weight is 417 g/mol. The van der Waals surface area contributed by atoms with Gasteiger partial charge in [0.1, 0.15) is 5.01 Å². The molecule has 0 amide bonds. The summed E-state index contributed by atoms with van der Waals surface area (Å²) in [5.41, 5.74) is 0.906. The fourth-order valence-corrected chi connectivity index (χ4v) is 5.49. The zero-order chi connectivity index (χ0) is 16.6. The molecule has 0 bridgehead atoms. The lowest BCUT2D eigenvalue weighted by atomic mass is 10.2. The van der Waals surface area contributed by atoms with Crippen LogP contribution in [0.4, 0.5) is 0 Å². The average Bonchev–Trinajstić information content (AvgIpc) is 2.97. The van der Waals surface area contributed by atoms with Crippen molar-refractivity contribution in [2.75, 3.05) is 13.1 Å². The smallest absolute Gasteiger partial charge is 0.261 e. The summed E-state index contributed by atoms with van der Waals surface area (Å²) in [6.45, 7) is 4.48. The molecule has 0 N–H and O–H groups in total. The number of halogens is 1. The van der Waals surface area contributed by atoms with Gasteiger partial charge < -0.3 is 4.74 Å². The quantitative estimate of drug-likeness (QED) is 0.769. The molecule has 124 valence electrons. The number of aromatic nitrogens is 1. The molecule has 23 heavy (non-hydrogen) atoms. The Morgan fingerprint density at radius 1 is 1.22 bits per heavy atom. The molecule has 5 nitrogen and oxygen atoms in total. The van der Waals surface area contributed by atoms with E-state index in [1.165, 1.54) is 15.6 Å². The monoisotopic (exact) mass is 416 g/mol. The molecule has 0 saturated carbocycles. The van der Waals surface area contributed by atoms with E-state index in [1.807, 2.05) is 38.1 Å². The maximum atomic E-state index is 12.8. The fourth-order valence-electron chi connectivity index (χ4n) is 2.56. The molecule has 0 spiro atoms. The van der Waals surface area contributed by atoms with Crippen LogP contribution in [0, 0.1) is 0 Å². The zero-order valence-electron chi connectivity index (χ0n) is 12.8. The van der Waals surface area contributed by atoms with E-state index in [4.69, 9.17) is 4.74 Å². The maximum absolute atomic E-state index is 12.8. The number of rotatable bonds is 3. The van der Waals surface area contributed by atoms with Crippen molar-refractivity contribution in [2.45, 2.75) is 31.1 Å². The molecule has 2 atom stereocenters. The first-order valence-electron chi connectivity index (χ1n) is 7.23. The lowest BCUT2D eigenvalue weighted by Gasteiger charge is -2.33. The summed E-state index contributed by atoms with van der Waals surface area (Å²) < 4.78 is 33.6. The SMILES string of the molecule is CC1CN(S(=O)(=O)c2csc(-c3ccc(Br)cc3)n2)CC(C)O1. The highest BCUT2D eigenvalue weighted by atomic mass is 79.9. The Morgan fingerprint density at radius 2 is 1.83 bits per heavy atom. The summed E-state index contributed by atoms with van der Waals surface area (Å²) in [5, 5.41) is 2.42. The highest BCUT2D eigenvalue weighted by Crippen LogP contribution is 2.29. The Morgan fingerprint density at radius 3 is 2.43 bits per heavy atom. The highest BCUT2D eigenvalue weighted by molar-refractivity contribution is 9.10.